The summed E-state index contributed by atoms with van der Waals surface area (Å²) in [7, 11) is 0. The monoisotopic (exact) mass is 263 g/mol. The van der Waals surface area contributed by atoms with Gasteiger partial charge in [-0.1, -0.05) is 0 Å². The predicted octanol–water partition coefficient (Wildman–Crippen LogP) is 2.52. The van der Waals surface area contributed by atoms with E-state index in [2.05, 4.69) is 4.99 Å². The molecule has 0 aromatic heterocycles. The second-order valence-electron chi connectivity index (χ2n) is 5.69. The molecule has 0 radical (unpaired) electrons. The van der Waals surface area contributed by atoms with E-state index in [9.17, 15) is 13.2 Å². The zero-order valence-corrected chi connectivity index (χ0v) is 10.6. The number of hydrogen-bond acceptors (Lipinski definition) is 3. The summed E-state index contributed by atoms with van der Waals surface area (Å²) in [6, 6.07) is 0. The van der Waals surface area contributed by atoms with Crippen molar-refractivity contribution in [3.63, 3.8) is 0 Å². The smallest absolute Gasteiger partial charge is 0.370 e. The molecule has 6 heteroatoms. The van der Waals surface area contributed by atoms with Crippen LogP contribution in [0.5, 0.6) is 0 Å². The van der Waals surface area contributed by atoms with Crippen LogP contribution in [0.15, 0.2) is 4.99 Å². The minimum Gasteiger partial charge on any atom is -0.370 e. The summed E-state index contributed by atoms with van der Waals surface area (Å²) in [5.74, 6) is 1.15. The number of nitrogens with zero attached hydrogens (tertiary/aromatic N) is 2. The first-order chi connectivity index (χ1) is 8.30. The van der Waals surface area contributed by atoms with Crippen molar-refractivity contribution in [1.82, 2.24) is 4.90 Å². The third-order valence-electron chi connectivity index (χ3n) is 3.82. The summed E-state index contributed by atoms with van der Waals surface area (Å²) in [6.07, 6.45) is -1.76. The molecule has 1 heterocycles. The highest BCUT2D eigenvalue weighted by Gasteiger charge is 2.41. The normalized spacial score (nSPS) is 28.7. The maximum absolute atomic E-state index is 12.2. The molecule has 1 atom stereocenters. The van der Waals surface area contributed by atoms with Gasteiger partial charge in [-0.05, 0) is 38.5 Å². The number of nitrogens with two attached hydrogens (primary N) is 1. The van der Waals surface area contributed by atoms with Crippen molar-refractivity contribution in [2.75, 3.05) is 13.1 Å². The molecule has 2 N–H and O–H groups in total. The molecule has 1 aliphatic heterocycles. The average Bonchev–Trinajstić information content (AvgIpc) is 3.00. The summed E-state index contributed by atoms with van der Waals surface area (Å²) in [6.45, 7) is 3.33. The molecule has 3 nitrogen and oxygen atoms in total. The molecule has 0 bridgehead atoms. The van der Waals surface area contributed by atoms with Crippen molar-refractivity contribution in [3.05, 3.63) is 0 Å². The molecule has 0 saturated heterocycles. The van der Waals surface area contributed by atoms with Crippen LogP contribution in [0.2, 0.25) is 0 Å². The molecule has 0 aromatic rings. The van der Waals surface area contributed by atoms with E-state index in [1.165, 1.54) is 12.8 Å². The number of aliphatic imine (C=N–C) groups is 1. The van der Waals surface area contributed by atoms with Crippen LogP contribution in [0.25, 0.3) is 0 Å². The molecule has 0 aromatic carbocycles. The number of hydrogen-bond donors (Lipinski definition) is 1. The average molecular weight is 263 g/mol. The minimum atomic E-state index is -4.07. The first-order valence-corrected chi connectivity index (χ1v) is 6.44. The van der Waals surface area contributed by atoms with Gasteiger partial charge in [-0.2, -0.15) is 13.2 Å². The Morgan fingerprint density at radius 2 is 2.11 bits per heavy atom. The fourth-order valence-electron chi connectivity index (χ4n) is 2.45. The zero-order valence-electron chi connectivity index (χ0n) is 10.6. The van der Waals surface area contributed by atoms with Crippen LogP contribution in [0.3, 0.4) is 0 Å². The molecule has 0 spiro atoms. The first kappa shape index (κ1) is 13.5. The van der Waals surface area contributed by atoms with E-state index in [1.54, 1.807) is 0 Å². The van der Waals surface area contributed by atoms with E-state index >= 15 is 0 Å². The van der Waals surface area contributed by atoms with Gasteiger partial charge < -0.3 is 10.6 Å². The van der Waals surface area contributed by atoms with E-state index in [1.807, 2.05) is 11.8 Å². The highest BCUT2D eigenvalue weighted by Crippen LogP contribution is 2.36. The van der Waals surface area contributed by atoms with Gasteiger partial charge in [-0.25, -0.2) is 0 Å². The second-order valence-corrected chi connectivity index (χ2v) is 5.69. The highest BCUT2D eigenvalue weighted by atomic mass is 19.4. The number of halogens is 3. The van der Waals surface area contributed by atoms with Crippen molar-refractivity contribution in [2.24, 2.45) is 16.6 Å². The number of alkyl halides is 3. The largest absolute Gasteiger partial charge is 0.389 e. The Bertz CT molecular complexity index is 336. The quantitative estimate of drug-likeness (QED) is 0.828. The van der Waals surface area contributed by atoms with E-state index in [0.29, 0.717) is 24.8 Å². The molecule has 1 aliphatic carbocycles. The molecule has 0 amide bonds. The first-order valence-electron chi connectivity index (χ1n) is 6.44. The fraction of sp³-hybridized carbons (Fsp3) is 0.917. The van der Waals surface area contributed by atoms with Crippen LogP contribution >= 0.6 is 0 Å². The summed E-state index contributed by atoms with van der Waals surface area (Å²) in [5, 5.41) is 0. The van der Waals surface area contributed by atoms with Crippen LogP contribution < -0.4 is 5.73 Å². The highest BCUT2D eigenvalue weighted by molar-refractivity contribution is 5.81. The van der Waals surface area contributed by atoms with Gasteiger partial charge in [0.2, 0.25) is 0 Å². The van der Waals surface area contributed by atoms with E-state index < -0.39 is 12.6 Å². The van der Waals surface area contributed by atoms with Crippen molar-refractivity contribution >= 4 is 5.96 Å². The summed E-state index contributed by atoms with van der Waals surface area (Å²) >= 11 is 0. The van der Waals surface area contributed by atoms with Crippen LogP contribution in [-0.4, -0.2) is 35.7 Å². The Labute approximate surface area is 105 Å². The molecule has 1 unspecified atom stereocenters. The van der Waals surface area contributed by atoms with Gasteiger partial charge >= 0.3 is 6.18 Å². The maximum Gasteiger partial charge on any atom is 0.389 e. The van der Waals surface area contributed by atoms with Gasteiger partial charge in [-0.15, -0.1) is 0 Å². The maximum atomic E-state index is 12.2. The lowest BCUT2D eigenvalue weighted by molar-refractivity contribution is -0.136. The van der Waals surface area contributed by atoms with Gasteiger partial charge in [0.25, 0.3) is 0 Å². The van der Waals surface area contributed by atoms with Gasteiger partial charge in [0, 0.05) is 13.0 Å². The molecule has 1 fully saturated rings. The predicted molar refractivity (Wildman–Crippen MR) is 64.2 cm³/mol. The van der Waals surface area contributed by atoms with Crippen molar-refractivity contribution in [2.45, 2.75) is 50.7 Å². The van der Waals surface area contributed by atoms with Crippen LogP contribution in [0.4, 0.5) is 13.2 Å². The van der Waals surface area contributed by atoms with Crippen molar-refractivity contribution in [3.8, 4) is 0 Å². The molecule has 2 aliphatic rings. The Hall–Kier alpha value is -0.940. The summed E-state index contributed by atoms with van der Waals surface area (Å²) < 4.78 is 36.5. The Balaban J connectivity index is 1.88. The summed E-state index contributed by atoms with van der Waals surface area (Å²) in [4.78, 5) is 6.22. The molecular weight excluding hydrogens is 243 g/mol. The van der Waals surface area contributed by atoms with Crippen molar-refractivity contribution in [1.29, 1.82) is 0 Å². The molecular formula is C12H20F3N3. The van der Waals surface area contributed by atoms with Crippen molar-refractivity contribution < 1.29 is 13.2 Å². The summed E-state index contributed by atoms with van der Waals surface area (Å²) in [5.41, 5.74) is 5.52. The SMILES string of the molecule is CC1(CCCC(F)(F)F)CN=C(N)N1CC1CC1. The molecule has 104 valence electrons. The topological polar surface area (TPSA) is 41.6 Å². The van der Waals surface area contributed by atoms with E-state index in [4.69, 9.17) is 5.73 Å². The van der Waals surface area contributed by atoms with Crippen LogP contribution in [-0.2, 0) is 0 Å². The molecule has 18 heavy (non-hydrogen) atoms. The lowest BCUT2D eigenvalue weighted by Crippen LogP contribution is -2.50. The molecule has 2 rings (SSSR count). The second kappa shape index (κ2) is 4.63. The fourth-order valence-corrected chi connectivity index (χ4v) is 2.45. The number of guanidine groups is 1. The Morgan fingerprint density at radius 3 is 2.67 bits per heavy atom. The van der Waals surface area contributed by atoms with Gasteiger partial charge in [-0.3, -0.25) is 4.99 Å². The zero-order chi connectivity index (χ0) is 13.4. The minimum absolute atomic E-state index is 0.143. The Kier molecular flexibility index (Phi) is 3.47. The van der Waals surface area contributed by atoms with E-state index in [-0.39, 0.29) is 12.0 Å². The lowest BCUT2D eigenvalue weighted by Gasteiger charge is -2.36. The standard InChI is InChI=1S/C12H20F3N3/c1-11(5-2-6-12(13,14)15)8-17-10(16)18(11)7-9-3-4-9/h9H,2-8H2,1H3,(H2,16,17). The number of rotatable bonds is 5. The third-order valence-corrected chi connectivity index (χ3v) is 3.82. The van der Waals surface area contributed by atoms with Gasteiger partial charge in [0.1, 0.15) is 0 Å². The Morgan fingerprint density at radius 1 is 1.44 bits per heavy atom. The lowest BCUT2D eigenvalue weighted by atomic mass is 9.93. The van der Waals surface area contributed by atoms with Gasteiger partial charge in [0.05, 0.1) is 12.1 Å². The van der Waals surface area contributed by atoms with Crippen LogP contribution in [0, 0.1) is 5.92 Å². The van der Waals surface area contributed by atoms with E-state index in [0.717, 1.165) is 6.54 Å². The third kappa shape index (κ3) is 3.29. The van der Waals surface area contributed by atoms with Gasteiger partial charge in [0.15, 0.2) is 5.96 Å². The van der Waals surface area contributed by atoms with Crippen LogP contribution in [0.1, 0.15) is 39.0 Å². The molecule has 1 saturated carbocycles.